The minimum absolute atomic E-state index is 0.381. The summed E-state index contributed by atoms with van der Waals surface area (Å²) in [6.45, 7) is 3.71. The molecule has 1 N–H and O–H groups in total. The molecule has 0 amide bonds. The highest BCUT2D eigenvalue weighted by molar-refractivity contribution is 5.41. The monoisotopic (exact) mass is 236 g/mol. The van der Waals surface area contributed by atoms with E-state index in [-0.39, 0.29) is 0 Å². The lowest BCUT2D eigenvalue weighted by Crippen LogP contribution is -2.37. The van der Waals surface area contributed by atoms with Crippen molar-refractivity contribution in [3.8, 4) is 0 Å². The van der Waals surface area contributed by atoms with Crippen molar-refractivity contribution >= 4 is 5.82 Å². The molecule has 1 aliphatic heterocycles. The molecule has 0 radical (unpaired) electrons. The van der Waals surface area contributed by atoms with Crippen molar-refractivity contribution in [1.29, 1.82) is 0 Å². The number of methoxy groups -OCH3 is 1. The summed E-state index contributed by atoms with van der Waals surface area (Å²) in [6.07, 6.45) is 3.79. The number of hydrogen-bond acceptors (Lipinski definition) is 4. The summed E-state index contributed by atoms with van der Waals surface area (Å²) in [6, 6.07) is 3.83. The molecule has 1 atom stereocenters. The van der Waals surface area contributed by atoms with Crippen molar-refractivity contribution in [1.82, 2.24) is 4.98 Å². The molecule has 2 rings (SSSR count). The van der Waals surface area contributed by atoms with E-state index in [0.29, 0.717) is 6.10 Å². The van der Waals surface area contributed by atoms with Crippen molar-refractivity contribution in [2.75, 3.05) is 25.1 Å². The highest BCUT2D eigenvalue weighted by atomic mass is 16.5. The topological polar surface area (TPSA) is 45.6 Å². The average Bonchev–Trinajstić information content (AvgIpc) is 2.39. The van der Waals surface area contributed by atoms with E-state index in [9.17, 15) is 5.11 Å². The van der Waals surface area contributed by atoms with Gasteiger partial charge in [0, 0.05) is 26.4 Å². The Morgan fingerprint density at radius 2 is 2.18 bits per heavy atom. The molecule has 0 saturated carbocycles. The molecule has 0 spiro atoms. The molecule has 0 unspecified atom stereocenters. The van der Waals surface area contributed by atoms with Crippen LogP contribution in [-0.2, 0) is 4.74 Å². The molecule has 1 aromatic rings. The lowest BCUT2D eigenvalue weighted by molar-refractivity contribution is 0.0818. The number of aliphatic hydroxyl groups excluding tert-OH is 1. The van der Waals surface area contributed by atoms with Gasteiger partial charge >= 0.3 is 0 Å². The van der Waals surface area contributed by atoms with Crippen LogP contribution in [0.1, 0.15) is 31.4 Å². The van der Waals surface area contributed by atoms with Crippen LogP contribution >= 0.6 is 0 Å². The first-order valence-electron chi connectivity index (χ1n) is 6.12. The highest BCUT2D eigenvalue weighted by Crippen LogP contribution is 2.22. The second-order valence-corrected chi connectivity index (χ2v) is 4.55. The van der Waals surface area contributed by atoms with Gasteiger partial charge in [-0.25, -0.2) is 4.98 Å². The predicted octanol–water partition coefficient (Wildman–Crippen LogP) is 1.75. The van der Waals surface area contributed by atoms with Gasteiger partial charge in [-0.2, -0.15) is 0 Å². The summed E-state index contributed by atoms with van der Waals surface area (Å²) >= 11 is 0. The number of aliphatic hydroxyl groups is 1. The van der Waals surface area contributed by atoms with E-state index in [0.717, 1.165) is 37.3 Å². The van der Waals surface area contributed by atoms with E-state index in [1.807, 2.05) is 12.1 Å². The Balaban J connectivity index is 2.05. The van der Waals surface area contributed by atoms with Crippen molar-refractivity contribution in [3.63, 3.8) is 0 Å². The third-order valence-corrected chi connectivity index (χ3v) is 3.35. The average molecular weight is 236 g/mol. The second-order valence-electron chi connectivity index (χ2n) is 4.55. The molecule has 0 bridgehead atoms. The molecule has 4 heteroatoms. The third-order valence-electron chi connectivity index (χ3n) is 3.35. The first kappa shape index (κ1) is 12.3. The first-order chi connectivity index (χ1) is 8.20. The second kappa shape index (κ2) is 5.47. The zero-order valence-corrected chi connectivity index (χ0v) is 10.5. The van der Waals surface area contributed by atoms with Gasteiger partial charge in [0.25, 0.3) is 0 Å². The summed E-state index contributed by atoms with van der Waals surface area (Å²) < 4.78 is 5.35. The molecule has 1 saturated heterocycles. The van der Waals surface area contributed by atoms with Crippen molar-refractivity contribution in [2.24, 2.45) is 0 Å². The highest BCUT2D eigenvalue weighted by Gasteiger charge is 2.19. The lowest BCUT2D eigenvalue weighted by Gasteiger charge is -2.32. The molecule has 1 fully saturated rings. The zero-order valence-electron chi connectivity index (χ0n) is 10.5. The normalized spacial score (nSPS) is 19.4. The Kier molecular flexibility index (Phi) is 3.97. The van der Waals surface area contributed by atoms with Gasteiger partial charge in [0.05, 0.1) is 12.2 Å². The van der Waals surface area contributed by atoms with Gasteiger partial charge in [0.1, 0.15) is 5.82 Å². The zero-order chi connectivity index (χ0) is 12.3. The molecule has 17 heavy (non-hydrogen) atoms. The maximum Gasteiger partial charge on any atom is 0.128 e. The number of piperidine rings is 1. The lowest BCUT2D eigenvalue weighted by atomic mass is 10.1. The maximum absolute atomic E-state index is 9.56. The van der Waals surface area contributed by atoms with Crippen LogP contribution in [0.2, 0.25) is 0 Å². The van der Waals surface area contributed by atoms with Crippen LogP contribution in [0, 0.1) is 0 Å². The van der Waals surface area contributed by atoms with Gasteiger partial charge in [0.15, 0.2) is 0 Å². The molecular formula is C13H20N2O2. The Labute approximate surface area is 102 Å². The smallest absolute Gasteiger partial charge is 0.128 e. The largest absolute Gasteiger partial charge is 0.389 e. The summed E-state index contributed by atoms with van der Waals surface area (Å²) in [5, 5.41) is 9.56. The van der Waals surface area contributed by atoms with Gasteiger partial charge in [-0.05, 0) is 37.5 Å². The van der Waals surface area contributed by atoms with E-state index in [2.05, 4.69) is 9.88 Å². The summed E-state index contributed by atoms with van der Waals surface area (Å²) in [5.74, 6) is 0.956. The van der Waals surface area contributed by atoms with E-state index >= 15 is 0 Å². The Morgan fingerprint density at radius 3 is 2.76 bits per heavy atom. The van der Waals surface area contributed by atoms with Crippen molar-refractivity contribution in [3.05, 3.63) is 23.9 Å². The molecule has 1 aromatic heterocycles. The molecule has 2 heterocycles. The number of rotatable bonds is 3. The number of hydrogen-bond donors (Lipinski definition) is 1. The van der Waals surface area contributed by atoms with Crippen LogP contribution in [0.4, 0.5) is 5.82 Å². The number of aromatic nitrogens is 1. The van der Waals surface area contributed by atoms with Crippen LogP contribution in [0.5, 0.6) is 0 Å². The van der Waals surface area contributed by atoms with Crippen LogP contribution in [-0.4, -0.2) is 36.4 Å². The Hall–Kier alpha value is -1.13. The quantitative estimate of drug-likeness (QED) is 0.868. The van der Waals surface area contributed by atoms with Gasteiger partial charge in [-0.1, -0.05) is 0 Å². The van der Waals surface area contributed by atoms with E-state index in [1.165, 1.54) is 0 Å². The standard InChI is InChI=1S/C13H20N2O2/c1-10(16)11-3-6-14-13(9-11)15-7-4-12(17-2)5-8-15/h3,6,9-10,12,16H,4-5,7-8H2,1-2H3/t10-/m0/s1. The SMILES string of the molecule is COC1CCN(c2cc([C@H](C)O)ccn2)CC1. The van der Waals surface area contributed by atoms with Crippen LogP contribution in [0.25, 0.3) is 0 Å². The fourth-order valence-corrected chi connectivity index (χ4v) is 2.19. The summed E-state index contributed by atoms with van der Waals surface area (Å²) in [4.78, 5) is 6.62. The molecule has 0 aromatic carbocycles. The predicted molar refractivity (Wildman–Crippen MR) is 67.1 cm³/mol. The summed E-state index contributed by atoms with van der Waals surface area (Å²) in [7, 11) is 1.77. The van der Waals surface area contributed by atoms with Crippen LogP contribution in [0.15, 0.2) is 18.3 Å². The number of ether oxygens (including phenoxy) is 1. The Bertz CT molecular complexity index is 360. The van der Waals surface area contributed by atoms with E-state index < -0.39 is 6.10 Å². The summed E-state index contributed by atoms with van der Waals surface area (Å²) in [5.41, 5.74) is 0.920. The molecule has 1 aliphatic rings. The number of pyridine rings is 1. The van der Waals surface area contributed by atoms with Crippen molar-refractivity contribution < 1.29 is 9.84 Å². The van der Waals surface area contributed by atoms with E-state index in [4.69, 9.17) is 4.74 Å². The minimum Gasteiger partial charge on any atom is -0.389 e. The van der Waals surface area contributed by atoms with Crippen molar-refractivity contribution in [2.45, 2.75) is 32.0 Å². The number of nitrogens with zero attached hydrogens (tertiary/aromatic N) is 2. The molecular weight excluding hydrogens is 216 g/mol. The molecule has 0 aliphatic carbocycles. The fourth-order valence-electron chi connectivity index (χ4n) is 2.19. The van der Waals surface area contributed by atoms with Gasteiger partial charge in [0.2, 0.25) is 0 Å². The van der Waals surface area contributed by atoms with E-state index in [1.54, 1.807) is 20.2 Å². The number of anilines is 1. The first-order valence-corrected chi connectivity index (χ1v) is 6.12. The molecule has 4 nitrogen and oxygen atoms in total. The minimum atomic E-state index is -0.437. The Morgan fingerprint density at radius 1 is 1.47 bits per heavy atom. The maximum atomic E-state index is 9.56. The fraction of sp³-hybridized carbons (Fsp3) is 0.615. The van der Waals surface area contributed by atoms with Gasteiger partial charge in [-0.3, -0.25) is 0 Å². The van der Waals surface area contributed by atoms with Gasteiger partial charge < -0.3 is 14.7 Å². The van der Waals surface area contributed by atoms with Crippen LogP contribution < -0.4 is 4.90 Å². The molecule has 94 valence electrons. The van der Waals surface area contributed by atoms with Gasteiger partial charge in [-0.15, -0.1) is 0 Å². The third kappa shape index (κ3) is 2.96. The van der Waals surface area contributed by atoms with Crippen LogP contribution in [0.3, 0.4) is 0 Å².